The predicted octanol–water partition coefficient (Wildman–Crippen LogP) is 2.75. The SMILES string of the molecule is C=CC(F)(F)C1(O)CCCCC1C. The molecule has 3 heteroatoms. The minimum Gasteiger partial charge on any atom is -0.383 e. The molecule has 0 aliphatic heterocycles. The molecule has 0 aromatic rings. The van der Waals surface area contributed by atoms with Crippen molar-refractivity contribution in [2.24, 2.45) is 5.92 Å². The molecule has 0 aromatic heterocycles. The largest absolute Gasteiger partial charge is 0.383 e. The molecule has 1 aliphatic rings. The first-order valence-electron chi connectivity index (χ1n) is 4.68. The van der Waals surface area contributed by atoms with E-state index in [1.807, 2.05) is 0 Å². The third-order valence-electron chi connectivity index (χ3n) is 3.09. The summed E-state index contributed by atoms with van der Waals surface area (Å²) in [7, 11) is 0. The van der Waals surface area contributed by atoms with Crippen LogP contribution in [0.1, 0.15) is 32.6 Å². The quantitative estimate of drug-likeness (QED) is 0.664. The van der Waals surface area contributed by atoms with Gasteiger partial charge in [-0.3, -0.25) is 0 Å². The van der Waals surface area contributed by atoms with E-state index in [1.54, 1.807) is 6.92 Å². The van der Waals surface area contributed by atoms with Gasteiger partial charge in [0.05, 0.1) is 0 Å². The fourth-order valence-electron chi connectivity index (χ4n) is 2.00. The zero-order valence-corrected chi connectivity index (χ0v) is 7.89. The van der Waals surface area contributed by atoms with Crippen LogP contribution in [0.25, 0.3) is 0 Å². The second-order valence-corrected chi connectivity index (χ2v) is 3.90. The normalized spacial score (nSPS) is 35.8. The lowest BCUT2D eigenvalue weighted by Gasteiger charge is -2.42. The monoisotopic (exact) mass is 190 g/mol. The van der Waals surface area contributed by atoms with Crippen molar-refractivity contribution in [1.29, 1.82) is 0 Å². The van der Waals surface area contributed by atoms with E-state index >= 15 is 0 Å². The van der Waals surface area contributed by atoms with E-state index in [9.17, 15) is 13.9 Å². The van der Waals surface area contributed by atoms with E-state index in [-0.39, 0.29) is 12.3 Å². The Kier molecular flexibility index (Phi) is 2.76. The maximum atomic E-state index is 13.3. The van der Waals surface area contributed by atoms with Gasteiger partial charge in [0, 0.05) is 0 Å². The van der Waals surface area contributed by atoms with Crippen molar-refractivity contribution in [3.05, 3.63) is 12.7 Å². The third kappa shape index (κ3) is 1.62. The molecule has 0 bridgehead atoms. The first-order valence-corrected chi connectivity index (χ1v) is 4.68. The molecule has 1 nitrogen and oxygen atoms in total. The molecule has 0 heterocycles. The standard InChI is InChI=1S/C10H16F2O/c1-3-10(11,12)9(13)7-5-4-6-8(9)2/h3,8,13H,1,4-7H2,2H3. The van der Waals surface area contributed by atoms with Gasteiger partial charge in [-0.1, -0.05) is 26.3 Å². The topological polar surface area (TPSA) is 20.2 Å². The molecule has 0 radical (unpaired) electrons. The van der Waals surface area contributed by atoms with Gasteiger partial charge in [-0.25, -0.2) is 0 Å². The minimum absolute atomic E-state index is 0.174. The molecule has 76 valence electrons. The number of halogens is 2. The number of aliphatic hydroxyl groups is 1. The molecule has 13 heavy (non-hydrogen) atoms. The molecule has 2 atom stereocenters. The molecular weight excluding hydrogens is 174 g/mol. The number of alkyl halides is 2. The number of rotatable bonds is 2. The number of hydrogen-bond acceptors (Lipinski definition) is 1. The smallest absolute Gasteiger partial charge is 0.294 e. The van der Waals surface area contributed by atoms with Gasteiger partial charge >= 0.3 is 0 Å². The van der Waals surface area contributed by atoms with Crippen molar-refractivity contribution in [2.45, 2.75) is 44.1 Å². The highest BCUT2D eigenvalue weighted by Gasteiger charge is 2.54. The van der Waals surface area contributed by atoms with Gasteiger partial charge in [0.15, 0.2) is 0 Å². The highest BCUT2D eigenvalue weighted by molar-refractivity contribution is 5.07. The Hall–Kier alpha value is -0.440. The third-order valence-corrected chi connectivity index (χ3v) is 3.09. The van der Waals surface area contributed by atoms with Gasteiger partial charge in [-0.05, 0) is 24.8 Å². The van der Waals surface area contributed by atoms with Crippen LogP contribution >= 0.6 is 0 Å². The van der Waals surface area contributed by atoms with Gasteiger partial charge in [-0.2, -0.15) is 8.78 Å². The van der Waals surface area contributed by atoms with E-state index < -0.39 is 11.5 Å². The Morgan fingerprint density at radius 2 is 2.15 bits per heavy atom. The summed E-state index contributed by atoms with van der Waals surface area (Å²) in [5, 5.41) is 9.85. The van der Waals surface area contributed by atoms with E-state index in [0.717, 1.165) is 6.42 Å². The predicted molar refractivity (Wildman–Crippen MR) is 47.7 cm³/mol. The van der Waals surface area contributed by atoms with Crippen LogP contribution in [-0.2, 0) is 0 Å². The Bertz CT molecular complexity index is 203. The molecule has 1 rings (SSSR count). The molecule has 1 fully saturated rings. The Balaban J connectivity index is 2.89. The molecule has 1 N–H and O–H groups in total. The fraction of sp³-hybridized carbons (Fsp3) is 0.800. The summed E-state index contributed by atoms with van der Waals surface area (Å²) in [6.45, 7) is 4.75. The first-order chi connectivity index (χ1) is 5.94. The van der Waals surface area contributed by atoms with Crippen LogP contribution in [0, 0.1) is 5.92 Å². The molecule has 1 aliphatic carbocycles. The average molecular weight is 190 g/mol. The van der Waals surface area contributed by atoms with Gasteiger partial charge in [-0.15, -0.1) is 0 Å². The maximum Gasteiger partial charge on any atom is 0.294 e. The summed E-state index contributed by atoms with van der Waals surface area (Å²) in [6, 6.07) is 0. The van der Waals surface area contributed by atoms with Crippen molar-refractivity contribution in [3.8, 4) is 0 Å². The van der Waals surface area contributed by atoms with Gasteiger partial charge in [0.1, 0.15) is 5.60 Å². The van der Waals surface area contributed by atoms with Crippen molar-refractivity contribution in [2.75, 3.05) is 0 Å². The zero-order valence-electron chi connectivity index (χ0n) is 7.89. The summed E-state index contributed by atoms with van der Waals surface area (Å²) >= 11 is 0. The fourth-order valence-corrected chi connectivity index (χ4v) is 2.00. The van der Waals surface area contributed by atoms with Crippen LogP contribution in [0.5, 0.6) is 0 Å². The summed E-state index contributed by atoms with van der Waals surface area (Å²) in [5.41, 5.74) is -1.87. The molecule has 0 amide bonds. The molecule has 0 aromatic carbocycles. The lowest BCUT2D eigenvalue weighted by atomic mass is 9.72. The first kappa shape index (κ1) is 10.6. The van der Waals surface area contributed by atoms with Crippen LogP contribution in [-0.4, -0.2) is 16.6 Å². The highest BCUT2D eigenvalue weighted by atomic mass is 19.3. The van der Waals surface area contributed by atoms with Crippen LogP contribution in [0.3, 0.4) is 0 Å². The Morgan fingerprint density at radius 3 is 2.62 bits per heavy atom. The summed E-state index contributed by atoms with van der Waals surface area (Å²) in [6.07, 6.45) is 3.00. The van der Waals surface area contributed by atoms with Crippen molar-refractivity contribution in [3.63, 3.8) is 0 Å². The zero-order chi connectivity index (χ0) is 10.1. The van der Waals surface area contributed by atoms with Gasteiger partial charge in [0.25, 0.3) is 5.92 Å². The van der Waals surface area contributed by atoms with Crippen LogP contribution in [0.4, 0.5) is 8.78 Å². The second kappa shape index (κ2) is 3.37. The minimum atomic E-state index is -3.16. The molecule has 1 saturated carbocycles. The molecule has 0 spiro atoms. The summed E-state index contributed by atoms with van der Waals surface area (Å²) in [5.74, 6) is -3.51. The lowest BCUT2D eigenvalue weighted by molar-refractivity contribution is -0.190. The van der Waals surface area contributed by atoms with Gasteiger partial charge < -0.3 is 5.11 Å². The van der Waals surface area contributed by atoms with Crippen molar-refractivity contribution >= 4 is 0 Å². The average Bonchev–Trinajstić information content (AvgIpc) is 2.10. The van der Waals surface area contributed by atoms with E-state index in [1.165, 1.54) is 0 Å². The maximum absolute atomic E-state index is 13.3. The van der Waals surface area contributed by atoms with Gasteiger partial charge in [0.2, 0.25) is 0 Å². The van der Waals surface area contributed by atoms with Crippen LogP contribution in [0.2, 0.25) is 0 Å². The van der Waals surface area contributed by atoms with Crippen LogP contribution < -0.4 is 0 Å². The summed E-state index contributed by atoms with van der Waals surface area (Å²) < 4.78 is 26.6. The van der Waals surface area contributed by atoms with E-state index in [2.05, 4.69) is 6.58 Å². The molecule has 0 saturated heterocycles. The van der Waals surface area contributed by atoms with Crippen molar-refractivity contribution in [1.82, 2.24) is 0 Å². The summed E-state index contributed by atoms with van der Waals surface area (Å²) in [4.78, 5) is 0. The van der Waals surface area contributed by atoms with E-state index in [0.29, 0.717) is 18.9 Å². The van der Waals surface area contributed by atoms with Crippen LogP contribution in [0.15, 0.2) is 12.7 Å². The lowest BCUT2D eigenvalue weighted by Crippen LogP contribution is -2.53. The molecular formula is C10H16F2O. The second-order valence-electron chi connectivity index (χ2n) is 3.90. The Morgan fingerprint density at radius 1 is 1.54 bits per heavy atom. The van der Waals surface area contributed by atoms with E-state index in [4.69, 9.17) is 0 Å². The highest BCUT2D eigenvalue weighted by Crippen LogP contribution is 2.44. The number of hydrogen-bond donors (Lipinski definition) is 1. The van der Waals surface area contributed by atoms with Crippen molar-refractivity contribution < 1.29 is 13.9 Å². The molecule has 2 unspecified atom stereocenters. The Labute approximate surface area is 77.5 Å².